The Labute approximate surface area is 244 Å². The van der Waals surface area contributed by atoms with Gasteiger partial charge in [0.05, 0.1) is 11.7 Å². The number of hydrogen-bond acceptors (Lipinski definition) is 5. The van der Waals surface area contributed by atoms with Crippen molar-refractivity contribution in [2.24, 2.45) is 0 Å². The van der Waals surface area contributed by atoms with E-state index in [-0.39, 0.29) is 23.9 Å². The molecule has 3 N–H and O–H groups in total. The van der Waals surface area contributed by atoms with E-state index in [9.17, 15) is 14.4 Å². The van der Waals surface area contributed by atoms with Crippen molar-refractivity contribution in [2.45, 2.75) is 116 Å². The van der Waals surface area contributed by atoms with Crippen molar-refractivity contribution in [3.05, 3.63) is 59.7 Å². The number of carbonyl (C=O) groups is 3. The van der Waals surface area contributed by atoms with Crippen LogP contribution >= 0.6 is 0 Å². The largest absolute Gasteiger partial charge is 0.442 e. The predicted molar refractivity (Wildman–Crippen MR) is 163 cm³/mol. The maximum absolute atomic E-state index is 14.2. The van der Waals surface area contributed by atoms with Crippen LogP contribution in [0.4, 0.5) is 16.2 Å². The summed E-state index contributed by atoms with van der Waals surface area (Å²) >= 11 is 0. The first-order chi connectivity index (χ1) is 19.6. The molecule has 2 fully saturated rings. The van der Waals surface area contributed by atoms with Crippen LogP contribution in [-0.2, 0) is 4.74 Å². The molecule has 2 aliphatic carbocycles. The summed E-state index contributed by atoms with van der Waals surface area (Å²) in [5.41, 5.74) is 6.97. The Hall–Kier alpha value is -3.55. The van der Waals surface area contributed by atoms with Gasteiger partial charge in [-0.3, -0.25) is 9.59 Å². The number of nitrogens with one attached hydrogen (secondary N) is 1. The molecule has 0 bridgehead atoms. The van der Waals surface area contributed by atoms with E-state index in [2.05, 4.69) is 5.32 Å². The molecule has 0 heterocycles. The first-order valence-corrected chi connectivity index (χ1v) is 15.3. The van der Waals surface area contributed by atoms with Crippen LogP contribution in [0.5, 0.6) is 0 Å². The zero-order chi connectivity index (χ0) is 29.4. The Kier molecular flexibility index (Phi) is 10.3. The first-order valence-electron chi connectivity index (χ1n) is 15.3. The summed E-state index contributed by atoms with van der Waals surface area (Å²) in [5, 5.41) is 6.09. The third-order valence-electron chi connectivity index (χ3n) is 7.84. The maximum atomic E-state index is 14.2. The smallest absolute Gasteiger partial charge is 0.434 e. The summed E-state index contributed by atoms with van der Waals surface area (Å²) in [4.78, 5) is 41.6. The fourth-order valence-electron chi connectivity index (χ4n) is 5.82. The van der Waals surface area contributed by atoms with E-state index in [1.54, 1.807) is 74.3 Å². The van der Waals surface area contributed by atoms with E-state index in [1.165, 1.54) is 17.9 Å². The van der Waals surface area contributed by atoms with Gasteiger partial charge >= 0.3 is 6.09 Å². The Morgan fingerprint density at radius 2 is 1.39 bits per heavy atom. The first kappa shape index (κ1) is 30.4. The fraction of sp³-hybridized carbons (Fsp3) is 0.545. The highest BCUT2D eigenvalue weighted by atomic mass is 16.6. The van der Waals surface area contributed by atoms with Gasteiger partial charge in [0.15, 0.2) is 0 Å². The third-order valence-corrected chi connectivity index (χ3v) is 7.84. The van der Waals surface area contributed by atoms with E-state index in [1.807, 2.05) is 0 Å². The molecule has 0 spiro atoms. The van der Waals surface area contributed by atoms with Gasteiger partial charge in [-0.05, 0) is 82.9 Å². The van der Waals surface area contributed by atoms with Crippen LogP contribution in [0.3, 0.4) is 0 Å². The van der Waals surface area contributed by atoms with Gasteiger partial charge < -0.3 is 15.8 Å². The van der Waals surface area contributed by atoms with Crippen LogP contribution in [0.2, 0.25) is 0 Å². The van der Waals surface area contributed by atoms with Crippen LogP contribution < -0.4 is 16.1 Å². The Bertz CT molecular complexity index is 1190. The summed E-state index contributed by atoms with van der Waals surface area (Å²) < 4.78 is 5.87. The van der Waals surface area contributed by atoms with Crippen molar-refractivity contribution < 1.29 is 19.1 Å². The topological polar surface area (TPSA) is 105 Å². The lowest BCUT2D eigenvalue weighted by Crippen LogP contribution is -2.56. The van der Waals surface area contributed by atoms with Gasteiger partial charge in [0.2, 0.25) is 0 Å². The molecule has 222 valence electrons. The highest BCUT2D eigenvalue weighted by Gasteiger charge is 2.37. The lowest BCUT2D eigenvalue weighted by Gasteiger charge is -2.40. The van der Waals surface area contributed by atoms with Gasteiger partial charge in [0.25, 0.3) is 11.8 Å². The average Bonchev–Trinajstić information content (AvgIpc) is 3.36. The number of hydrogen-bond donors (Lipinski definition) is 2. The Morgan fingerprint density at radius 3 is 2.00 bits per heavy atom. The number of nitrogens with zero attached hydrogens (tertiary/aromatic N) is 2. The van der Waals surface area contributed by atoms with E-state index in [0.717, 1.165) is 64.2 Å². The summed E-state index contributed by atoms with van der Waals surface area (Å²) in [5.74, 6) is -0.505. The normalized spacial score (nSPS) is 17.1. The van der Waals surface area contributed by atoms with Crippen LogP contribution in [0.15, 0.2) is 48.5 Å². The second-order valence-corrected chi connectivity index (χ2v) is 12.4. The Balaban J connectivity index is 1.75. The van der Waals surface area contributed by atoms with Gasteiger partial charge in [0, 0.05) is 22.9 Å². The molecule has 8 nitrogen and oxygen atoms in total. The van der Waals surface area contributed by atoms with E-state index >= 15 is 0 Å². The predicted octanol–water partition coefficient (Wildman–Crippen LogP) is 7.24. The molecule has 8 heteroatoms. The number of nitrogen functional groups attached to an aromatic ring is 1. The lowest BCUT2D eigenvalue weighted by molar-refractivity contribution is 0.0346. The minimum absolute atomic E-state index is 0.142. The second kappa shape index (κ2) is 13.9. The molecular formula is C33H46N4O4. The minimum Gasteiger partial charge on any atom is -0.442 e. The average molecular weight is 563 g/mol. The summed E-state index contributed by atoms with van der Waals surface area (Å²) in [6, 6.07) is 13.7. The number of ether oxygens (including phenoxy) is 1. The quantitative estimate of drug-likeness (QED) is 0.227. The molecule has 2 aromatic rings. The maximum Gasteiger partial charge on any atom is 0.434 e. The standard InChI is InChI=1S/C33H46N4O4/c1-33(2,3)41-32(40)37(29-21-13-14-24(23-29)30(38)35-27-17-8-4-5-9-18-27)36(28-19-10-6-7-11-20-28)31(39)25-15-12-16-26(34)22-25/h12-16,21-23,27-28H,4-11,17-20,34H2,1-3H3,(H,35,38). The molecule has 0 saturated heterocycles. The molecule has 0 atom stereocenters. The van der Waals surface area contributed by atoms with Crippen molar-refractivity contribution in [3.63, 3.8) is 0 Å². The van der Waals surface area contributed by atoms with Crippen molar-refractivity contribution in [2.75, 3.05) is 10.7 Å². The molecule has 2 aromatic carbocycles. The number of carbonyl (C=O) groups excluding carboxylic acids is 3. The zero-order valence-electron chi connectivity index (χ0n) is 24.9. The number of rotatable bonds is 5. The molecule has 0 aliphatic heterocycles. The molecule has 0 aromatic heterocycles. The van der Waals surface area contributed by atoms with Gasteiger partial charge in [-0.1, -0.05) is 63.5 Å². The molecule has 3 amide bonds. The Morgan fingerprint density at radius 1 is 0.805 bits per heavy atom. The van der Waals surface area contributed by atoms with E-state index in [0.29, 0.717) is 22.5 Å². The monoisotopic (exact) mass is 562 g/mol. The molecule has 0 unspecified atom stereocenters. The number of amides is 3. The zero-order valence-corrected chi connectivity index (χ0v) is 24.9. The van der Waals surface area contributed by atoms with E-state index in [4.69, 9.17) is 10.5 Å². The fourth-order valence-corrected chi connectivity index (χ4v) is 5.82. The highest BCUT2D eigenvalue weighted by Crippen LogP contribution is 2.31. The van der Waals surface area contributed by atoms with Gasteiger partial charge in [0.1, 0.15) is 5.60 Å². The van der Waals surface area contributed by atoms with Gasteiger partial charge in [-0.15, -0.1) is 0 Å². The summed E-state index contributed by atoms with van der Waals surface area (Å²) in [7, 11) is 0. The van der Waals surface area contributed by atoms with Gasteiger partial charge in [-0.25, -0.2) is 9.80 Å². The van der Waals surface area contributed by atoms with Crippen molar-refractivity contribution in [3.8, 4) is 0 Å². The van der Waals surface area contributed by atoms with Crippen LogP contribution in [0.25, 0.3) is 0 Å². The number of hydrazine groups is 1. The molecule has 2 saturated carbocycles. The number of nitrogens with two attached hydrogens (primary N) is 1. The molecule has 0 radical (unpaired) electrons. The highest BCUT2D eigenvalue weighted by molar-refractivity contribution is 6.01. The lowest BCUT2D eigenvalue weighted by atomic mass is 10.1. The third kappa shape index (κ3) is 8.47. The molecule has 2 aliphatic rings. The SMILES string of the molecule is CC(C)(C)OC(=O)N(c1cccc(C(=O)NC2CCCCCC2)c1)N(C(=O)c1cccc(N)c1)C1CCCCCC1. The van der Waals surface area contributed by atoms with Crippen molar-refractivity contribution in [1.82, 2.24) is 10.3 Å². The van der Waals surface area contributed by atoms with Crippen LogP contribution in [0, 0.1) is 0 Å². The summed E-state index contributed by atoms with van der Waals surface area (Å²) in [6.45, 7) is 5.40. The van der Waals surface area contributed by atoms with Crippen molar-refractivity contribution >= 4 is 29.3 Å². The molecule has 4 rings (SSSR count). The van der Waals surface area contributed by atoms with Crippen LogP contribution in [-0.4, -0.2) is 40.6 Å². The number of benzene rings is 2. The number of anilines is 2. The van der Waals surface area contributed by atoms with Gasteiger partial charge in [-0.2, -0.15) is 5.01 Å². The molecular weight excluding hydrogens is 516 g/mol. The summed E-state index contributed by atoms with van der Waals surface area (Å²) in [6.07, 6.45) is 11.5. The van der Waals surface area contributed by atoms with E-state index < -0.39 is 11.7 Å². The van der Waals surface area contributed by atoms with Crippen LogP contribution in [0.1, 0.15) is 119 Å². The minimum atomic E-state index is -0.793. The molecule has 41 heavy (non-hydrogen) atoms. The van der Waals surface area contributed by atoms with Crippen molar-refractivity contribution in [1.29, 1.82) is 0 Å². The second-order valence-electron chi connectivity index (χ2n) is 12.4.